The first-order valence-electron chi connectivity index (χ1n) is 4.13. The van der Waals surface area contributed by atoms with Crippen LogP contribution in [0.1, 0.15) is 23.6 Å². The number of carbonyl (C=O) groups excluding carboxylic acids is 1. The summed E-state index contributed by atoms with van der Waals surface area (Å²) in [7, 11) is 0. The van der Waals surface area contributed by atoms with Gasteiger partial charge in [-0.05, 0) is 6.07 Å². The van der Waals surface area contributed by atoms with E-state index in [4.69, 9.17) is 0 Å². The van der Waals surface area contributed by atoms with Crippen LogP contribution in [0.15, 0.2) is 18.2 Å². The molecule has 0 saturated heterocycles. The summed E-state index contributed by atoms with van der Waals surface area (Å²) in [6.45, 7) is 0.455. The van der Waals surface area contributed by atoms with Gasteiger partial charge in [-0.2, -0.15) is 13.2 Å². The van der Waals surface area contributed by atoms with Gasteiger partial charge in [0.1, 0.15) is 5.56 Å². The molecule has 0 heterocycles. The number of benzene rings is 1. The molecule has 0 aliphatic heterocycles. The van der Waals surface area contributed by atoms with Gasteiger partial charge in [0.05, 0.1) is 17.7 Å². The molecule has 0 amide bonds. The van der Waals surface area contributed by atoms with Crippen molar-refractivity contribution in [1.82, 2.24) is 0 Å². The highest BCUT2D eigenvalue weighted by Crippen LogP contribution is 2.34. The van der Waals surface area contributed by atoms with E-state index in [-0.39, 0.29) is 0 Å². The predicted octanol–water partition coefficient (Wildman–Crippen LogP) is 3.27. The average Bonchev–Trinajstić information content (AvgIpc) is 2.14. The molecule has 0 bridgehead atoms. The summed E-state index contributed by atoms with van der Waals surface area (Å²) in [5.74, 6) is -3.44. The fourth-order valence-electron chi connectivity index (χ4n) is 1.10. The summed E-state index contributed by atoms with van der Waals surface area (Å²) in [4.78, 5) is 10.2. The lowest BCUT2D eigenvalue weighted by Crippen LogP contribution is -2.12. The van der Waals surface area contributed by atoms with Crippen LogP contribution in [0.3, 0.4) is 0 Å². The number of alkyl halides is 5. The normalized spacial score (nSPS) is 12.4. The molecule has 0 saturated carbocycles. The van der Waals surface area contributed by atoms with Crippen LogP contribution < -0.4 is 0 Å². The van der Waals surface area contributed by atoms with E-state index in [2.05, 4.69) is 0 Å². The Morgan fingerprint density at radius 2 is 1.50 bits per heavy atom. The average molecular weight is 237 g/mol. The van der Waals surface area contributed by atoms with E-state index in [1.165, 1.54) is 6.29 Å². The van der Waals surface area contributed by atoms with Gasteiger partial charge in [0, 0.05) is 6.92 Å². The Morgan fingerprint density at radius 1 is 1.00 bits per heavy atom. The molecule has 0 fully saturated rings. The predicted molar refractivity (Wildman–Crippen MR) is 45.8 cm³/mol. The fourth-order valence-corrected chi connectivity index (χ4v) is 1.10. The molecular formula is C10H6F5O+. The highest BCUT2D eigenvalue weighted by Gasteiger charge is 2.37. The molecule has 0 atom stereocenters. The van der Waals surface area contributed by atoms with Crippen molar-refractivity contribution in [3.63, 3.8) is 0 Å². The highest BCUT2D eigenvalue weighted by molar-refractivity contribution is 5.76. The fraction of sp³-hybridized carbons (Fsp3) is 0.300. The van der Waals surface area contributed by atoms with Crippen LogP contribution in [0, 0.1) is 0 Å². The second-order valence-corrected chi connectivity index (χ2v) is 3.29. The lowest BCUT2D eigenvalue weighted by molar-refractivity contribution is -0.137. The molecule has 1 rings (SSSR count). The first-order chi connectivity index (χ1) is 7.14. The third-order valence-corrected chi connectivity index (χ3v) is 1.89. The van der Waals surface area contributed by atoms with E-state index in [0.717, 1.165) is 0 Å². The summed E-state index contributed by atoms with van der Waals surface area (Å²) in [5.41, 5.74) is -2.70. The molecule has 0 spiro atoms. The molecule has 86 valence electrons. The van der Waals surface area contributed by atoms with Gasteiger partial charge < -0.3 is 0 Å². The summed E-state index contributed by atoms with van der Waals surface area (Å²) in [6.07, 6.45) is -3.60. The Kier molecular flexibility index (Phi) is 2.97. The molecule has 0 N–H and O–H groups in total. The van der Waals surface area contributed by atoms with Gasteiger partial charge in [0.15, 0.2) is 0 Å². The molecule has 0 radical (unpaired) electrons. The molecule has 1 aromatic carbocycles. The third-order valence-electron chi connectivity index (χ3n) is 1.89. The van der Waals surface area contributed by atoms with Crippen molar-refractivity contribution in [3.8, 4) is 0 Å². The monoisotopic (exact) mass is 237 g/mol. The van der Waals surface area contributed by atoms with Gasteiger partial charge in [-0.15, -0.1) is 4.79 Å². The molecular weight excluding hydrogens is 231 g/mol. The van der Waals surface area contributed by atoms with Crippen molar-refractivity contribution in [3.05, 3.63) is 34.9 Å². The maximum atomic E-state index is 12.8. The molecule has 6 heteroatoms. The molecule has 0 unspecified atom stereocenters. The lowest BCUT2D eigenvalue weighted by Gasteiger charge is -2.10. The molecule has 1 nitrogen and oxygen atoms in total. The Bertz CT molecular complexity index is 370. The van der Waals surface area contributed by atoms with Crippen molar-refractivity contribution in [2.75, 3.05) is 0 Å². The summed E-state index contributed by atoms with van der Waals surface area (Å²) < 4.78 is 62.6. The third kappa shape index (κ3) is 2.73. The van der Waals surface area contributed by atoms with Crippen LogP contribution in [0.5, 0.6) is 0 Å². The number of halogens is 5. The van der Waals surface area contributed by atoms with Crippen LogP contribution in [0.25, 0.3) is 0 Å². The van der Waals surface area contributed by atoms with E-state index < -0.39 is 28.8 Å². The standard InChI is InChI=1S/C10H6F5O/c1-9(11,12)7-2-6(5-16)3-8(4-7)10(13,14)15/h2-4H,1H3/q+1. The van der Waals surface area contributed by atoms with Crippen molar-refractivity contribution >= 4 is 6.29 Å². The van der Waals surface area contributed by atoms with E-state index in [1.807, 2.05) is 0 Å². The highest BCUT2D eigenvalue weighted by atomic mass is 19.4. The van der Waals surface area contributed by atoms with Gasteiger partial charge in [-0.1, -0.05) is 0 Å². The van der Waals surface area contributed by atoms with E-state index in [0.29, 0.717) is 25.1 Å². The molecule has 16 heavy (non-hydrogen) atoms. The Balaban J connectivity index is 3.39. The van der Waals surface area contributed by atoms with Crippen molar-refractivity contribution in [2.24, 2.45) is 0 Å². The molecule has 0 aliphatic carbocycles. The van der Waals surface area contributed by atoms with Crippen molar-refractivity contribution in [2.45, 2.75) is 19.0 Å². The largest absolute Gasteiger partial charge is 0.428 e. The van der Waals surface area contributed by atoms with Gasteiger partial charge in [0.25, 0.3) is 5.92 Å². The van der Waals surface area contributed by atoms with Crippen LogP contribution in [0.2, 0.25) is 0 Å². The second-order valence-electron chi connectivity index (χ2n) is 3.29. The zero-order valence-corrected chi connectivity index (χ0v) is 8.03. The zero-order chi connectivity index (χ0) is 12.6. The van der Waals surface area contributed by atoms with E-state index in [9.17, 15) is 26.7 Å². The van der Waals surface area contributed by atoms with Crippen molar-refractivity contribution < 1.29 is 26.7 Å². The van der Waals surface area contributed by atoms with Gasteiger partial charge in [-0.3, -0.25) is 0 Å². The maximum Gasteiger partial charge on any atom is 0.428 e. The summed E-state index contributed by atoms with van der Waals surface area (Å²) >= 11 is 0. The van der Waals surface area contributed by atoms with Gasteiger partial charge >= 0.3 is 12.5 Å². The second kappa shape index (κ2) is 3.79. The number of rotatable bonds is 2. The van der Waals surface area contributed by atoms with Crippen molar-refractivity contribution in [1.29, 1.82) is 0 Å². The van der Waals surface area contributed by atoms with Gasteiger partial charge in [0.2, 0.25) is 5.56 Å². The minimum Gasteiger partial charge on any atom is -0.200 e. The molecule has 0 aliphatic rings. The summed E-state index contributed by atoms with van der Waals surface area (Å²) in [5, 5.41) is 0. The van der Waals surface area contributed by atoms with E-state index in [1.54, 1.807) is 0 Å². The first-order valence-corrected chi connectivity index (χ1v) is 4.13. The maximum absolute atomic E-state index is 12.8. The SMILES string of the molecule is CC(F)(F)c1cc([C+]=O)cc(C(F)(F)F)c1. The summed E-state index contributed by atoms with van der Waals surface area (Å²) in [6, 6.07) is 1.48. The first kappa shape index (κ1) is 12.5. The van der Waals surface area contributed by atoms with Crippen LogP contribution in [-0.4, -0.2) is 6.29 Å². The quantitative estimate of drug-likeness (QED) is 0.569. The number of hydrogen-bond acceptors (Lipinski definition) is 1. The number of hydrogen-bond donors (Lipinski definition) is 0. The minimum atomic E-state index is -4.77. The van der Waals surface area contributed by atoms with Crippen LogP contribution >= 0.6 is 0 Å². The smallest absolute Gasteiger partial charge is 0.200 e. The van der Waals surface area contributed by atoms with Crippen LogP contribution in [0.4, 0.5) is 22.0 Å². The molecule has 0 aromatic heterocycles. The van der Waals surface area contributed by atoms with Gasteiger partial charge in [-0.25, -0.2) is 8.78 Å². The molecule has 1 aromatic rings. The zero-order valence-electron chi connectivity index (χ0n) is 8.03. The Labute approximate surface area is 87.9 Å². The lowest BCUT2D eigenvalue weighted by atomic mass is 10.0. The van der Waals surface area contributed by atoms with Crippen LogP contribution in [-0.2, 0) is 16.9 Å². The minimum absolute atomic E-state index is 0.320. The Morgan fingerprint density at radius 3 is 1.88 bits per heavy atom. The van der Waals surface area contributed by atoms with E-state index >= 15 is 0 Å². The Hall–Kier alpha value is -1.55. The topological polar surface area (TPSA) is 17.1 Å².